The Morgan fingerprint density at radius 1 is 1.11 bits per heavy atom. The van der Waals surface area contributed by atoms with E-state index in [1.807, 2.05) is 32.0 Å². The molecule has 0 saturated carbocycles. The van der Waals surface area contributed by atoms with Crippen molar-refractivity contribution in [3.05, 3.63) is 59.3 Å². The van der Waals surface area contributed by atoms with Crippen LogP contribution in [0.2, 0.25) is 0 Å². The summed E-state index contributed by atoms with van der Waals surface area (Å²) < 4.78 is 33.4. The number of hydrogen-bond acceptors (Lipinski definition) is 3. The van der Waals surface area contributed by atoms with E-state index in [-0.39, 0.29) is 5.92 Å². The molecule has 3 aromatic rings. The molecular weight excluding hydrogens is 360 g/mol. The molecule has 1 aliphatic heterocycles. The molecule has 1 aromatic heterocycles. The Morgan fingerprint density at radius 3 is 2.63 bits per heavy atom. The van der Waals surface area contributed by atoms with Gasteiger partial charge < -0.3 is 9.72 Å². The summed E-state index contributed by atoms with van der Waals surface area (Å²) in [5.74, 6) is 0.899. The average Bonchev–Trinajstić information content (AvgIpc) is 3.30. The lowest BCUT2D eigenvalue weighted by Crippen LogP contribution is -2.29. The minimum Gasteiger partial charge on any atom is -0.496 e. The van der Waals surface area contributed by atoms with Crippen molar-refractivity contribution >= 4 is 20.9 Å². The first-order valence-corrected chi connectivity index (χ1v) is 10.6. The first-order valence-electron chi connectivity index (χ1n) is 9.13. The summed E-state index contributed by atoms with van der Waals surface area (Å²) in [5.41, 5.74) is 3.74. The molecule has 1 atom stereocenters. The summed E-state index contributed by atoms with van der Waals surface area (Å²) in [7, 11) is -1.93. The van der Waals surface area contributed by atoms with Gasteiger partial charge in [-0.05, 0) is 61.0 Å². The topological polar surface area (TPSA) is 62.4 Å². The monoisotopic (exact) mass is 384 g/mol. The number of ether oxygens (including phenoxy) is 1. The second-order valence-corrected chi connectivity index (χ2v) is 9.15. The summed E-state index contributed by atoms with van der Waals surface area (Å²) in [6, 6.07) is 13.8. The fourth-order valence-corrected chi connectivity index (χ4v) is 5.71. The van der Waals surface area contributed by atoms with Crippen LogP contribution in [0.25, 0.3) is 10.9 Å². The Labute approximate surface area is 160 Å². The number of sulfonamides is 1. The van der Waals surface area contributed by atoms with Gasteiger partial charge in [0.2, 0.25) is 10.0 Å². The van der Waals surface area contributed by atoms with Crippen LogP contribution in [0.1, 0.15) is 29.2 Å². The Bertz CT molecular complexity index is 1070. The van der Waals surface area contributed by atoms with Gasteiger partial charge in [-0.3, -0.25) is 0 Å². The maximum absolute atomic E-state index is 13.2. The predicted molar refractivity (Wildman–Crippen MR) is 107 cm³/mol. The van der Waals surface area contributed by atoms with E-state index in [9.17, 15) is 8.42 Å². The molecule has 142 valence electrons. The van der Waals surface area contributed by atoms with Gasteiger partial charge >= 0.3 is 0 Å². The summed E-state index contributed by atoms with van der Waals surface area (Å²) >= 11 is 0. The lowest BCUT2D eigenvalue weighted by atomic mass is 10.1. The van der Waals surface area contributed by atoms with Crippen molar-refractivity contribution < 1.29 is 13.2 Å². The van der Waals surface area contributed by atoms with E-state index in [0.29, 0.717) is 29.3 Å². The standard InChI is InChI=1S/C21H24N2O3S/c1-14-11-21(15(2)10-20(14)26-3)27(24,25)23-9-8-17(13-23)19-12-16-6-4-5-7-18(16)22-19/h4-7,10-12,17,22H,8-9,13H2,1-3H3. The van der Waals surface area contributed by atoms with Crippen molar-refractivity contribution in [1.29, 1.82) is 0 Å². The zero-order valence-electron chi connectivity index (χ0n) is 15.8. The van der Waals surface area contributed by atoms with E-state index in [1.54, 1.807) is 23.5 Å². The molecule has 0 spiro atoms. The normalized spacial score (nSPS) is 18.3. The maximum Gasteiger partial charge on any atom is 0.243 e. The van der Waals surface area contributed by atoms with Crippen molar-refractivity contribution in [3.8, 4) is 5.75 Å². The van der Waals surface area contributed by atoms with Crippen molar-refractivity contribution in [2.75, 3.05) is 20.2 Å². The molecule has 5 nitrogen and oxygen atoms in total. The number of methoxy groups -OCH3 is 1. The summed E-state index contributed by atoms with van der Waals surface area (Å²) in [5, 5.41) is 1.16. The number of H-pyrrole nitrogens is 1. The Hall–Kier alpha value is -2.31. The highest BCUT2D eigenvalue weighted by atomic mass is 32.2. The van der Waals surface area contributed by atoms with Crippen molar-refractivity contribution in [3.63, 3.8) is 0 Å². The molecule has 0 radical (unpaired) electrons. The number of fused-ring (bicyclic) bond motifs is 1. The molecule has 1 saturated heterocycles. The minimum atomic E-state index is -3.52. The van der Waals surface area contributed by atoms with Gasteiger partial charge in [-0.2, -0.15) is 4.31 Å². The summed E-state index contributed by atoms with van der Waals surface area (Å²) in [4.78, 5) is 3.82. The molecule has 1 fully saturated rings. The van der Waals surface area contributed by atoms with Gasteiger partial charge in [0, 0.05) is 30.2 Å². The highest BCUT2D eigenvalue weighted by Gasteiger charge is 2.35. The molecule has 0 aliphatic carbocycles. The number of hydrogen-bond donors (Lipinski definition) is 1. The lowest BCUT2D eigenvalue weighted by Gasteiger charge is -2.19. The minimum absolute atomic E-state index is 0.187. The van der Waals surface area contributed by atoms with Crippen LogP contribution in [0.4, 0.5) is 0 Å². The lowest BCUT2D eigenvalue weighted by molar-refractivity contribution is 0.410. The van der Waals surface area contributed by atoms with Crippen LogP contribution in [0, 0.1) is 13.8 Å². The van der Waals surface area contributed by atoms with Gasteiger partial charge in [-0.15, -0.1) is 0 Å². The molecular formula is C21H24N2O3S. The zero-order valence-corrected chi connectivity index (χ0v) is 16.6. The molecule has 6 heteroatoms. The second-order valence-electron chi connectivity index (χ2n) is 7.25. The van der Waals surface area contributed by atoms with Gasteiger partial charge in [0.25, 0.3) is 0 Å². The van der Waals surface area contributed by atoms with E-state index in [1.165, 1.54) is 0 Å². The number of aryl methyl sites for hydroxylation is 2. The third-order valence-corrected chi connectivity index (χ3v) is 7.46. The van der Waals surface area contributed by atoms with Crippen LogP contribution in [0.3, 0.4) is 0 Å². The number of nitrogens with one attached hydrogen (secondary N) is 1. The first-order chi connectivity index (χ1) is 12.9. The third kappa shape index (κ3) is 3.13. The highest BCUT2D eigenvalue weighted by Crippen LogP contribution is 2.34. The van der Waals surface area contributed by atoms with Crippen LogP contribution < -0.4 is 4.74 Å². The number of aromatic nitrogens is 1. The quantitative estimate of drug-likeness (QED) is 0.740. The van der Waals surface area contributed by atoms with Gasteiger partial charge in [0.05, 0.1) is 12.0 Å². The molecule has 0 bridgehead atoms. The summed E-state index contributed by atoms with van der Waals surface area (Å²) in [6.45, 7) is 4.72. The van der Waals surface area contributed by atoms with Crippen LogP contribution in [0.15, 0.2) is 47.4 Å². The number of aromatic amines is 1. The van der Waals surface area contributed by atoms with Gasteiger partial charge in [-0.1, -0.05) is 18.2 Å². The van der Waals surface area contributed by atoms with E-state index < -0.39 is 10.0 Å². The number of para-hydroxylation sites is 1. The Morgan fingerprint density at radius 2 is 1.89 bits per heavy atom. The fourth-order valence-electron chi connectivity index (χ4n) is 3.92. The van der Waals surface area contributed by atoms with Crippen LogP contribution in [-0.4, -0.2) is 37.9 Å². The SMILES string of the molecule is COc1cc(C)c(S(=O)(=O)N2CCC(c3cc4ccccc4[nH]3)C2)cc1C. The maximum atomic E-state index is 13.2. The van der Waals surface area contributed by atoms with E-state index in [4.69, 9.17) is 4.74 Å². The van der Waals surface area contributed by atoms with Gasteiger partial charge in [-0.25, -0.2) is 8.42 Å². The van der Waals surface area contributed by atoms with E-state index in [2.05, 4.69) is 17.1 Å². The largest absolute Gasteiger partial charge is 0.496 e. The highest BCUT2D eigenvalue weighted by molar-refractivity contribution is 7.89. The van der Waals surface area contributed by atoms with Crippen molar-refractivity contribution in [1.82, 2.24) is 9.29 Å². The van der Waals surface area contributed by atoms with E-state index >= 15 is 0 Å². The predicted octanol–water partition coefficient (Wildman–Crippen LogP) is 3.97. The molecule has 2 aromatic carbocycles. The Balaban J connectivity index is 1.62. The zero-order chi connectivity index (χ0) is 19.2. The molecule has 1 aliphatic rings. The number of rotatable bonds is 4. The molecule has 1 N–H and O–H groups in total. The first kappa shape index (κ1) is 18.1. The summed E-state index contributed by atoms with van der Waals surface area (Å²) in [6.07, 6.45) is 0.820. The van der Waals surface area contributed by atoms with Crippen LogP contribution in [-0.2, 0) is 10.0 Å². The van der Waals surface area contributed by atoms with Gasteiger partial charge in [0.1, 0.15) is 5.75 Å². The van der Waals surface area contributed by atoms with Gasteiger partial charge in [0.15, 0.2) is 0 Å². The molecule has 1 unspecified atom stereocenters. The molecule has 4 rings (SSSR count). The Kier molecular flexibility index (Phi) is 4.48. The smallest absolute Gasteiger partial charge is 0.243 e. The van der Waals surface area contributed by atoms with Crippen molar-refractivity contribution in [2.24, 2.45) is 0 Å². The van der Waals surface area contributed by atoms with Crippen LogP contribution >= 0.6 is 0 Å². The van der Waals surface area contributed by atoms with E-state index in [0.717, 1.165) is 28.6 Å². The molecule has 27 heavy (non-hydrogen) atoms. The molecule has 2 heterocycles. The van der Waals surface area contributed by atoms with Crippen LogP contribution in [0.5, 0.6) is 5.75 Å². The fraction of sp³-hybridized carbons (Fsp3) is 0.333. The molecule has 0 amide bonds. The number of nitrogens with zero attached hydrogens (tertiary/aromatic N) is 1. The van der Waals surface area contributed by atoms with Crippen molar-refractivity contribution in [2.45, 2.75) is 31.1 Å². The second kappa shape index (κ2) is 6.69. The number of benzene rings is 2. The average molecular weight is 385 g/mol. The third-order valence-electron chi connectivity index (χ3n) is 5.45.